The van der Waals surface area contributed by atoms with E-state index in [0.717, 1.165) is 41.0 Å². The number of allylic oxidation sites excluding steroid dienone is 2. The zero-order valence-corrected chi connectivity index (χ0v) is 14.4. The number of benzene rings is 1. The Labute approximate surface area is 145 Å². The lowest BCUT2D eigenvalue weighted by atomic mass is 10.2. The number of hydrogen-bond acceptors (Lipinski definition) is 5. The van der Waals surface area contributed by atoms with Gasteiger partial charge in [0.15, 0.2) is 0 Å². The van der Waals surface area contributed by atoms with Gasteiger partial charge in [-0.3, -0.25) is 4.72 Å². The second kappa shape index (κ2) is 7.27. The molecule has 0 spiro atoms. The van der Waals surface area contributed by atoms with E-state index in [1.807, 2.05) is 6.08 Å². The van der Waals surface area contributed by atoms with E-state index in [9.17, 15) is 4.39 Å². The first-order valence-electron chi connectivity index (χ1n) is 8.04. The van der Waals surface area contributed by atoms with Crippen LogP contribution >= 0.6 is 11.9 Å². The van der Waals surface area contributed by atoms with Gasteiger partial charge in [0.2, 0.25) is 0 Å². The molecule has 1 heterocycles. The Hall–Kier alpha value is -1.99. The average molecular weight is 347 g/mol. The van der Waals surface area contributed by atoms with Gasteiger partial charge in [0.05, 0.1) is 11.0 Å². The van der Waals surface area contributed by atoms with Crippen LogP contribution in [0.25, 0.3) is 16.6 Å². The second-order valence-corrected chi connectivity index (χ2v) is 6.92. The van der Waals surface area contributed by atoms with Crippen molar-refractivity contribution in [3.8, 4) is 0 Å². The number of halogens is 1. The molecule has 0 radical (unpaired) electrons. The highest BCUT2D eigenvalue weighted by Crippen LogP contribution is 2.40. The highest BCUT2D eigenvalue weighted by Gasteiger charge is 2.29. The molecule has 0 saturated heterocycles. The average Bonchev–Trinajstić information content (AvgIpc) is 3.33. The van der Waals surface area contributed by atoms with Crippen molar-refractivity contribution in [1.29, 1.82) is 0 Å². The van der Waals surface area contributed by atoms with Crippen molar-refractivity contribution in [2.24, 2.45) is 11.5 Å². The first-order valence-corrected chi connectivity index (χ1v) is 9.03. The number of fused-ring (bicyclic) bond motifs is 1. The summed E-state index contributed by atoms with van der Waals surface area (Å²) < 4.78 is 18.9. The van der Waals surface area contributed by atoms with Crippen molar-refractivity contribution in [2.45, 2.75) is 25.8 Å². The molecule has 128 valence electrons. The lowest BCUT2D eigenvalue weighted by molar-refractivity contribution is 0.628. The van der Waals surface area contributed by atoms with E-state index in [4.69, 9.17) is 11.5 Å². The fourth-order valence-electron chi connectivity index (χ4n) is 2.65. The molecule has 2 aromatic rings. The Morgan fingerprint density at radius 3 is 2.96 bits per heavy atom. The van der Waals surface area contributed by atoms with Crippen LogP contribution in [0, 0.1) is 5.82 Å². The van der Waals surface area contributed by atoms with Crippen LogP contribution in [0.4, 0.5) is 4.39 Å². The van der Waals surface area contributed by atoms with Crippen LogP contribution in [0.5, 0.6) is 0 Å². The Bertz CT molecular complexity index is 792. The largest absolute Gasteiger partial charge is 0.404 e. The van der Waals surface area contributed by atoms with Crippen molar-refractivity contribution in [1.82, 2.24) is 14.3 Å². The number of nitrogens with one attached hydrogen (secondary N) is 1. The molecule has 1 fully saturated rings. The smallest absolute Gasteiger partial charge is 0.142 e. The molecule has 1 aliphatic carbocycles. The van der Waals surface area contributed by atoms with Crippen molar-refractivity contribution in [2.75, 3.05) is 12.3 Å². The number of imidazole rings is 1. The van der Waals surface area contributed by atoms with E-state index in [-0.39, 0.29) is 5.82 Å². The van der Waals surface area contributed by atoms with Gasteiger partial charge in [0.1, 0.15) is 11.6 Å². The molecule has 0 bridgehead atoms. The van der Waals surface area contributed by atoms with Crippen LogP contribution in [-0.4, -0.2) is 21.8 Å². The molecule has 7 heteroatoms. The summed E-state index contributed by atoms with van der Waals surface area (Å²) in [6.07, 6.45) is 5.48. The molecule has 0 amide bonds. The maximum Gasteiger partial charge on any atom is 0.142 e. The SMILES string of the molecule is CCSNC/C(N)=C/C(=C\N)c1nc2ccc(F)cc2n1C1CC1. The van der Waals surface area contributed by atoms with E-state index in [1.54, 1.807) is 18.0 Å². The van der Waals surface area contributed by atoms with Crippen molar-refractivity contribution in [3.63, 3.8) is 0 Å². The van der Waals surface area contributed by atoms with E-state index in [1.165, 1.54) is 18.3 Å². The summed E-state index contributed by atoms with van der Waals surface area (Å²) in [6.45, 7) is 2.63. The predicted octanol–water partition coefficient (Wildman–Crippen LogP) is 2.91. The number of aromatic nitrogens is 2. The maximum atomic E-state index is 13.7. The zero-order valence-electron chi connectivity index (χ0n) is 13.6. The molecule has 1 aromatic carbocycles. The highest BCUT2D eigenvalue weighted by atomic mass is 32.2. The van der Waals surface area contributed by atoms with Crippen LogP contribution in [0.1, 0.15) is 31.6 Å². The lowest BCUT2D eigenvalue weighted by Gasteiger charge is -2.09. The maximum absolute atomic E-state index is 13.7. The first-order chi connectivity index (χ1) is 11.6. The molecular formula is C17H22FN5S. The first kappa shape index (κ1) is 16.9. The van der Waals surface area contributed by atoms with Crippen LogP contribution in [-0.2, 0) is 0 Å². The van der Waals surface area contributed by atoms with Gasteiger partial charge in [0.25, 0.3) is 0 Å². The standard InChI is InChI=1S/C17H22FN5S/c1-2-24-21-10-13(20)7-11(9-19)17-22-15-6-3-12(18)8-16(15)23(17)14-4-5-14/h3,6-9,14,21H,2,4-5,10,19-20H2,1H3/b11-9+,13-7-. The molecule has 5 N–H and O–H groups in total. The summed E-state index contributed by atoms with van der Waals surface area (Å²) in [4.78, 5) is 4.66. The molecule has 5 nitrogen and oxygen atoms in total. The number of nitrogens with two attached hydrogens (primary N) is 2. The van der Waals surface area contributed by atoms with Gasteiger partial charge in [-0.15, -0.1) is 0 Å². The Kier molecular flexibility index (Phi) is 5.11. The predicted molar refractivity (Wildman–Crippen MR) is 98.5 cm³/mol. The fraction of sp³-hybridized carbons (Fsp3) is 0.353. The van der Waals surface area contributed by atoms with Crippen molar-refractivity contribution in [3.05, 3.63) is 47.8 Å². The summed E-state index contributed by atoms with van der Waals surface area (Å²) in [5.74, 6) is 1.45. The molecule has 0 unspecified atom stereocenters. The van der Waals surface area contributed by atoms with E-state index >= 15 is 0 Å². The molecule has 0 atom stereocenters. The van der Waals surface area contributed by atoms with Crippen molar-refractivity contribution < 1.29 is 4.39 Å². The summed E-state index contributed by atoms with van der Waals surface area (Å²) in [6, 6.07) is 5.02. The van der Waals surface area contributed by atoms with E-state index < -0.39 is 0 Å². The Balaban J connectivity index is 1.97. The second-order valence-electron chi connectivity index (χ2n) is 5.77. The quantitative estimate of drug-likeness (QED) is 0.408. The van der Waals surface area contributed by atoms with Gasteiger partial charge in [-0.2, -0.15) is 0 Å². The molecule has 3 rings (SSSR count). The Morgan fingerprint density at radius 1 is 1.50 bits per heavy atom. The molecule has 1 aromatic heterocycles. The van der Waals surface area contributed by atoms with Crippen molar-refractivity contribution >= 4 is 28.6 Å². The minimum absolute atomic E-state index is 0.259. The lowest BCUT2D eigenvalue weighted by Crippen LogP contribution is -2.15. The van der Waals surface area contributed by atoms with E-state index in [2.05, 4.69) is 21.2 Å². The molecule has 0 aliphatic heterocycles. The van der Waals surface area contributed by atoms with Crippen LogP contribution in [0.15, 0.2) is 36.2 Å². The summed E-state index contributed by atoms with van der Waals surface area (Å²) in [5.41, 5.74) is 14.9. The number of rotatable bonds is 7. The van der Waals surface area contributed by atoms with Gasteiger partial charge >= 0.3 is 0 Å². The normalized spacial score (nSPS) is 16.1. The third kappa shape index (κ3) is 3.57. The topological polar surface area (TPSA) is 81.9 Å². The third-order valence-corrected chi connectivity index (χ3v) is 4.50. The summed E-state index contributed by atoms with van der Waals surface area (Å²) in [7, 11) is 0. The molecule has 1 saturated carbocycles. The van der Waals surface area contributed by atoms with Crippen LogP contribution in [0.3, 0.4) is 0 Å². The van der Waals surface area contributed by atoms with Crippen LogP contribution in [0.2, 0.25) is 0 Å². The van der Waals surface area contributed by atoms with Gasteiger partial charge in [0, 0.05) is 35.8 Å². The monoisotopic (exact) mass is 347 g/mol. The summed E-state index contributed by atoms with van der Waals surface area (Å²) >= 11 is 1.61. The van der Waals surface area contributed by atoms with Crippen LogP contribution < -0.4 is 16.2 Å². The highest BCUT2D eigenvalue weighted by molar-refractivity contribution is 7.97. The van der Waals surface area contributed by atoms with Gasteiger partial charge in [-0.1, -0.05) is 18.9 Å². The molecule has 24 heavy (non-hydrogen) atoms. The number of nitrogens with zero attached hydrogens (tertiary/aromatic N) is 2. The zero-order chi connectivity index (χ0) is 17.1. The third-order valence-electron chi connectivity index (χ3n) is 3.86. The number of hydrogen-bond donors (Lipinski definition) is 3. The van der Waals surface area contributed by atoms with E-state index in [0.29, 0.717) is 18.3 Å². The van der Waals surface area contributed by atoms with Gasteiger partial charge < -0.3 is 16.0 Å². The van der Waals surface area contributed by atoms with Gasteiger partial charge in [-0.05, 0) is 37.1 Å². The minimum Gasteiger partial charge on any atom is -0.404 e. The molecular weight excluding hydrogens is 325 g/mol. The Morgan fingerprint density at radius 2 is 2.29 bits per heavy atom. The minimum atomic E-state index is -0.259. The summed E-state index contributed by atoms with van der Waals surface area (Å²) in [5, 5.41) is 0. The molecule has 1 aliphatic rings. The fourth-order valence-corrected chi connectivity index (χ4v) is 3.12. The van der Waals surface area contributed by atoms with Gasteiger partial charge in [-0.25, -0.2) is 9.37 Å².